The maximum absolute atomic E-state index is 12.4. The third-order valence-electron chi connectivity index (χ3n) is 4.47. The van der Waals surface area contributed by atoms with Gasteiger partial charge in [-0.1, -0.05) is 41.9 Å². The van der Waals surface area contributed by atoms with Gasteiger partial charge in [0.05, 0.1) is 21.6 Å². The fourth-order valence-corrected chi connectivity index (χ4v) is 3.09. The molecule has 33 heavy (non-hydrogen) atoms. The van der Waals surface area contributed by atoms with Crippen LogP contribution < -0.4 is 10.1 Å². The number of nitrogens with one attached hydrogen (secondary N) is 1. The lowest BCUT2D eigenvalue weighted by molar-refractivity contribution is -0.384. The van der Waals surface area contributed by atoms with Crippen molar-refractivity contribution in [1.82, 2.24) is 0 Å². The van der Waals surface area contributed by atoms with Gasteiger partial charge in [-0.3, -0.25) is 14.9 Å². The molecular weight excluding hydrogens is 444 g/mol. The van der Waals surface area contributed by atoms with Gasteiger partial charge in [-0.2, -0.15) is 10.5 Å². The molecular formula is C24H15ClN4O4. The molecule has 0 unspecified atom stereocenters. The van der Waals surface area contributed by atoms with Gasteiger partial charge in [0, 0.05) is 23.4 Å². The zero-order chi connectivity index (χ0) is 23.8. The van der Waals surface area contributed by atoms with Gasteiger partial charge in [-0.25, -0.2) is 0 Å². The van der Waals surface area contributed by atoms with Crippen LogP contribution in [0.4, 0.5) is 11.4 Å². The lowest BCUT2D eigenvalue weighted by Crippen LogP contribution is -2.13. The molecule has 0 bridgehead atoms. The number of halogens is 1. The molecule has 0 aliphatic carbocycles. The average Bonchev–Trinajstić information content (AvgIpc) is 2.82. The van der Waals surface area contributed by atoms with Gasteiger partial charge in [-0.15, -0.1) is 0 Å². The van der Waals surface area contributed by atoms with Crippen molar-refractivity contribution in [3.63, 3.8) is 0 Å². The van der Waals surface area contributed by atoms with Crippen LogP contribution in [0.5, 0.6) is 5.75 Å². The van der Waals surface area contributed by atoms with Gasteiger partial charge in [-0.05, 0) is 35.9 Å². The van der Waals surface area contributed by atoms with Crippen LogP contribution in [0.1, 0.15) is 16.7 Å². The molecule has 162 valence electrons. The minimum atomic E-state index is -0.720. The SMILES string of the molecule is N#C/C(=C\c1ccc(OCc2ccccc2C#N)c(Cl)c1)C(=O)Nc1cccc([N+](=O)[O-])c1. The Kier molecular flexibility index (Phi) is 7.38. The molecule has 0 spiro atoms. The standard InChI is InChI=1S/C24H15ClN4O4/c25-22-11-16(8-9-23(22)33-15-18-5-2-1-4-17(18)13-26)10-19(14-27)24(30)28-20-6-3-7-21(12-20)29(31)32/h1-12H,15H2,(H,28,30)/b19-10+. The third kappa shape index (κ3) is 5.95. The highest BCUT2D eigenvalue weighted by atomic mass is 35.5. The quantitative estimate of drug-likeness (QED) is 0.223. The monoisotopic (exact) mass is 458 g/mol. The molecule has 0 saturated heterocycles. The van der Waals surface area contributed by atoms with Crippen molar-refractivity contribution in [2.75, 3.05) is 5.32 Å². The highest BCUT2D eigenvalue weighted by Crippen LogP contribution is 2.28. The molecule has 0 saturated carbocycles. The number of ether oxygens (including phenoxy) is 1. The fraction of sp³-hybridized carbons (Fsp3) is 0.0417. The van der Waals surface area contributed by atoms with E-state index in [0.717, 1.165) is 0 Å². The number of nitro groups is 1. The highest BCUT2D eigenvalue weighted by molar-refractivity contribution is 6.32. The first-order chi connectivity index (χ1) is 15.9. The van der Waals surface area contributed by atoms with Crippen molar-refractivity contribution in [1.29, 1.82) is 10.5 Å². The van der Waals surface area contributed by atoms with Crippen LogP contribution in [0.25, 0.3) is 6.08 Å². The molecule has 0 aliphatic rings. The van der Waals surface area contributed by atoms with E-state index in [4.69, 9.17) is 21.6 Å². The molecule has 0 heterocycles. The minimum absolute atomic E-state index is 0.147. The molecule has 9 heteroatoms. The van der Waals surface area contributed by atoms with Gasteiger partial charge in [0.1, 0.15) is 24.0 Å². The number of non-ortho nitro benzene ring substituents is 1. The van der Waals surface area contributed by atoms with Crippen LogP contribution in [0.3, 0.4) is 0 Å². The summed E-state index contributed by atoms with van der Waals surface area (Å²) in [5.41, 5.74) is 1.49. The summed E-state index contributed by atoms with van der Waals surface area (Å²) in [5, 5.41) is 32.2. The summed E-state index contributed by atoms with van der Waals surface area (Å²) in [4.78, 5) is 22.7. The molecule has 0 atom stereocenters. The van der Waals surface area contributed by atoms with Gasteiger partial charge in [0.2, 0.25) is 0 Å². The van der Waals surface area contributed by atoms with Crippen LogP contribution in [0.2, 0.25) is 5.02 Å². The summed E-state index contributed by atoms with van der Waals surface area (Å²) in [7, 11) is 0. The second kappa shape index (κ2) is 10.6. The summed E-state index contributed by atoms with van der Waals surface area (Å²) in [6, 6.07) is 21.1. The molecule has 0 aromatic heterocycles. The molecule has 0 aliphatic heterocycles. The number of nitro benzene ring substituents is 1. The molecule has 1 amide bonds. The highest BCUT2D eigenvalue weighted by Gasteiger charge is 2.13. The van der Waals surface area contributed by atoms with E-state index >= 15 is 0 Å². The normalized spacial score (nSPS) is 10.6. The second-order valence-corrected chi connectivity index (χ2v) is 7.09. The molecule has 8 nitrogen and oxygen atoms in total. The molecule has 3 aromatic rings. The van der Waals surface area contributed by atoms with Crippen molar-refractivity contribution in [3.05, 3.63) is 104 Å². The maximum Gasteiger partial charge on any atom is 0.271 e. The Labute approximate surface area is 194 Å². The Morgan fingerprint density at radius 2 is 1.91 bits per heavy atom. The molecule has 3 aromatic carbocycles. The number of carbonyl (C=O) groups excluding carboxylic acids is 1. The third-order valence-corrected chi connectivity index (χ3v) is 4.76. The summed E-state index contributed by atoms with van der Waals surface area (Å²) in [5.74, 6) is -0.344. The molecule has 1 N–H and O–H groups in total. The summed E-state index contributed by atoms with van der Waals surface area (Å²) in [6.07, 6.45) is 1.34. The molecule has 3 rings (SSSR count). The Hall–Kier alpha value is -4.66. The van der Waals surface area contributed by atoms with E-state index in [0.29, 0.717) is 22.4 Å². The van der Waals surface area contributed by atoms with E-state index < -0.39 is 10.8 Å². The van der Waals surface area contributed by atoms with Crippen LogP contribution >= 0.6 is 11.6 Å². The maximum atomic E-state index is 12.4. The van der Waals surface area contributed by atoms with Crippen LogP contribution in [-0.4, -0.2) is 10.8 Å². The number of hydrogen-bond acceptors (Lipinski definition) is 6. The number of hydrogen-bond donors (Lipinski definition) is 1. The van der Waals surface area contributed by atoms with E-state index in [-0.39, 0.29) is 28.6 Å². The number of rotatable bonds is 7. The first-order valence-corrected chi connectivity index (χ1v) is 9.87. The van der Waals surface area contributed by atoms with E-state index in [9.17, 15) is 20.2 Å². The van der Waals surface area contributed by atoms with Crippen molar-refractivity contribution in [3.8, 4) is 17.9 Å². The Morgan fingerprint density at radius 1 is 1.12 bits per heavy atom. The van der Waals surface area contributed by atoms with Crippen LogP contribution in [-0.2, 0) is 11.4 Å². The molecule has 0 fully saturated rings. The average molecular weight is 459 g/mol. The summed E-state index contributed by atoms with van der Waals surface area (Å²) < 4.78 is 5.71. The van der Waals surface area contributed by atoms with Gasteiger partial charge in [0.25, 0.3) is 11.6 Å². The molecule has 0 radical (unpaired) electrons. The number of anilines is 1. The van der Waals surface area contributed by atoms with E-state index in [1.54, 1.807) is 36.4 Å². The lowest BCUT2D eigenvalue weighted by Gasteiger charge is -2.10. The number of amides is 1. The van der Waals surface area contributed by atoms with Crippen LogP contribution in [0, 0.1) is 32.8 Å². The van der Waals surface area contributed by atoms with E-state index in [1.807, 2.05) is 6.07 Å². The predicted molar refractivity (Wildman–Crippen MR) is 122 cm³/mol. The second-order valence-electron chi connectivity index (χ2n) is 6.68. The van der Waals surface area contributed by atoms with Crippen LogP contribution in [0.15, 0.2) is 72.3 Å². The first-order valence-electron chi connectivity index (χ1n) is 9.49. The predicted octanol–water partition coefficient (Wildman–Crippen LogP) is 5.24. The zero-order valence-electron chi connectivity index (χ0n) is 17.0. The minimum Gasteiger partial charge on any atom is -0.487 e. The number of nitriles is 2. The Bertz CT molecular complexity index is 1340. The van der Waals surface area contributed by atoms with Gasteiger partial charge < -0.3 is 10.1 Å². The first kappa shape index (κ1) is 23.0. The fourth-order valence-electron chi connectivity index (χ4n) is 2.85. The number of benzene rings is 3. The van der Waals surface area contributed by atoms with Gasteiger partial charge in [0.15, 0.2) is 0 Å². The van der Waals surface area contributed by atoms with Crippen molar-refractivity contribution >= 4 is 35.0 Å². The van der Waals surface area contributed by atoms with E-state index in [1.165, 1.54) is 36.4 Å². The van der Waals surface area contributed by atoms with Gasteiger partial charge >= 0.3 is 0 Å². The lowest BCUT2D eigenvalue weighted by atomic mass is 10.1. The zero-order valence-corrected chi connectivity index (χ0v) is 17.7. The Morgan fingerprint density at radius 3 is 2.61 bits per heavy atom. The number of nitrogens with zero attached hydrogens (tertiary/aromatic N) is 3. The number of carbonyl (C=O) groups is 1. The van der Waals surface area contributed by atoms with Crippen molar-refractivity contribution in [2.45, 2.75) is 6.61 Å². The Balaban J connectivity index is 1.73. The van der Waals surface area contributed by atoms with Crippen molar-refractivity contribution < 1.29 is 14.5 Å². The smallest absolute Gasteiger partial charge is 0.271 e. The topological polar surface area (TPSA) is 129 Å². The summed E-state index contributed by atoms with van der Waals surface area (Å²) in [6.45, 7) is 0.147. The van der Waals surface area contributed by atoms with Crippen molar-refractivity contribution in [2.24, 2.45) is 0 Å². The summed E-state index contributed by atoms with van der Waals surface area (Å²) >= 11 is 6.29. The largest absolute Gasteiger partial charge is 0.487 e. The van der Waals surface area contributed by atoms with E-state index in [2.05, 4.69) is 11.4 Å².